The molecule has 1 atom stereocenters. The zero-order valence-electron chi connectivity index (χ0n) is 17.1. The highest BCUT2D eigenvalue weighted by atomic mass is 16.9. The zero-order chi connectivity index (χ0) is 18.3. The molecular formula is C20H42O4. The first-order valence-corrected chi connectivity index (χ1v) is 9.79. The Balaban J connectivity index is 4.62. The summed E-state index contributed by atoms with van der Waals surface area (Å²) >= 11 is 0. The first-order chi connectivity index (χ1) is 11.6. The van der Waals surface area contributed by atoms with Crippen molar-refractivity contribution in [3.05, 3.63) is 0 Å². The monoisotopic (exact) mass is 346 g/mol. The van der Waals surface area contributed by atoms with Crippen molar-refractivity contribution in [2.75, 3.05) is 34.5 Å². The van der Waals surface area contributed by atoms with Crippen LogP contribution in [-0.2, 0) is 18.9 Å². The second-order valence-electron chi connectivity index (χ2n) is 6.96. The summed E-state index contributed by atoms with van der Waals surface area (Å²) in [5, 5.41) is 0. The van der Waals surface area contributed by atoms with E-state index in [1.54, 1.807) is 21.3 Å². The fraction of sp³-hybridized carbons (Fsp3) is 1.00. The van der Waals surface area contributed by atoms with Gasteiger partial charge in [-0.15, -0.1) is 0 Å². The summed E-state index contributed by atoms with van der Waals surface area (Å²) in [6.07, 6.45) is 11.7. The molecule has 4 nitrogen and oxygen atoms in total. The molecule has 24 heavy (non-hydrogen) atoms. The summed E-state index contributed by atoms with van der Waals surface area (Å²) in [7, 11) is 5.00. The number of hydrogen-bond donors (Lipinski definition) is 0. The lowest BCUT2D eigenvalue weighted by molar-refractivity contribution is -0.406. The Morgan fingerprint density at radius 3 is 1.71 bits per heavy atom. The number of ether oxygens (including phenoxy) is 4. The molecule has 4 heteroatoms. The molecule has 0 amide bonds. The Bertz CT molecular complexity index is 271. The number of rotatable bonds is 17. The molecule has 0 spiro atoms. The van der Waals surface area contributed by atoms with Gasteiger partial charge in [-0.1, -0.05) is 59.3 Å². The van der Waals surface area contributed by atoms with Crippen LogP contribution in [0.5, 0.6) is 0 Å². The minimum absolute atomic E-state index is 0.189. The first kappa shape index (κ1) is 23.8. The second kappa shape index (κ2) is 14.1. The number of hydrogen-bond acceptors (Lipinski definition) is 4. The van der Waals surface area contributed by atoms with Gasteiger partial charge in [-0.05, 0) is 25.7 Å². The molecule has 0 aliphatic rings. The van der Waals surface area contributed by atoms with Crippen molar-refractivity contribution in [2.24, 2.45) is 5.41 Å². The van der Waals surface area contributed by atoms with Crippen LogP contribution in [0.4, 0.5) is 0 Å². The Hall–Kier alpha value is -0.160. The Labute approximate surface area is 150 Å². The van der Waals surface area contributed by atoms with Gasteiger partial charge >= 0.3 is 0 Å². The molecule has 0 rings (SSSR count). The van der Waals surface area contributed by atoms with Gasteiger partial charge in [0.05, 0.1) is 0 Å². The lowest BCUT2D eigenvalue weighted by atomic mass is 9.77. The smallest absolute Gasteiger partial charge is 0.287 e. The molecule has 0 aliphatic heterocycles. The predicted octanol–water partition coefficient (Wildman–Crippen LogP) is 5.54. The van der Waals surface area contributed by atoms with E-state index in [1.165, 1.54) is 38.5 Å². The molecule has 0 heterocycles. The Morgan fingerprint density at radius 1 is 0.625 bits per heavy atom. The molecule has 0 fully saturated rings. The normalized spacial score (nSPS) is 14.8. The van der Waals surface area contributed by atoms with Gasteiger partial charge in [0.2, 0.25) is 0 Å². The molecule has 0 aromatic heterocycles. The van der Waals surface area contributed by atoms with Crippen LogP contribution < -0.4 is 0 Å². The molecule has 146 valence electrons. The predicted molar refractivity (Wildman–Crippen MR) is 100 cm³/mol. The van der Waals surface area contributed by atoms with Crippen molar-refractivity contribution >= 4 is 0 Å². The van der Waals surface area contributed by atoms with Crippen LogP contribution in [0.1, 0.15) is 85.0 Å². The molecule has 0 aromatic carbocycles. The third kappa shape index (κ3) is 7.81. The molecule has 0 aromatic rings. The van der Waals surface area contributed by atoms with Gasteiger partial charge in [-0.3, -0.25) is 0 Å². The number of unbranched alkanes of at least 4 members (excludes halogenated alkanes) is 5. The van der Waals surface area contributed by atoms with E-state index < -0.39 is 5.97 Å². The SMILES string of the molecule is CCCCCCCCC(C)(CCCOCCC)C(OC)(OC)OC. The average Bonchev–Trinajstić information content (AvgIpc) is 2.60. The number of methoxy groups -OCH3 is 3. The third-order valence-electron chi connectivity index (χ3n) is 4.99. The average molecular weight is 347 g/mol. The highest BCUT2D eigenvalue weighted by Crippen LogP contribution is 2.44. The summed E-state index contributed by atoms with van der Waals surface area (Å²) in [6, 6.07) is 0. The maximum atomic E-state index is 5.69. The highest BCUT2D eigenvalue weighted by molar-refractivity contribution is 4.84. The highest BCUT2D eigenvalue weighted by Gasteiger charge is 2.49. The van der Waals surface area contributed by atoms with Crippen LogP contribution in [0, 0.1) is 5.41 Å². The Kier molecular flexibility index (Phi) is 14.0. The fourth-order valence-corrected chi connectivity index (χ4v) is 3.53. The van der Waals surface area contributed by atoms with E-state index in [0.29, 0.717) is 0 Å². The molecule has 0 bridgehead atoms. The van der Waals surface area contributed by atoms with Gasteiger partial charge in [-0.2, -0.15) is 0 Å². The van der Waals surface area contributed by atoms with E-state index in [0.717, 1.165) is 38.9 Å². The standard InChI is InChI=1S/C20H42O4/c1-7-9-10-11-12-13-15-19(3,16-14-18-24-17-8-2)20(21-4,22-5)23-6/h7-18H2,1-6H3. The first-order valence-electron chi connectivity index (χ1n) is 9.79. The topological polar surface area (TPSA) is 36.9 Å². The van der Waals surface area contributed by atoms with Gasteiger partial charge in [-0.25, -0.2) is 0 Å². The molecule has 0 N–H and O–H groups in total. The van der Waals surface area contributed by atoms with Gasteiger partial charge in [0.15, 0.2) is 0 Å². The quantitative estimate of drug-likeness (QED) is 0.256. The molecule has 0 aliphatic carbocycles. The van der Waals surface area contributed by atoms with Crippen LogP contribution in [0.3, 0.4) is 0 Å². The van der Waals surface area contributed by atoms with E-state index in [1.807, 2.05) is 0 Å². The van der Waals surface area contributed by atoms with Crippen LogP contribution in [0.15, 0.2) is 0 Å². The summed E-state index contributed by atoms with van der Waals surface area (Å²) in [6.45, 7) is 8.22. The second-order valence-corrected chi connectivity index (χ2v) is 6.96. The summed E-state index contributed by atoms with van der Waals surface area (Å²) in [5.41, 5.74) is -0.189. The lowest BCUT2D eigenvalue weighted by Crippen LogP contribution is -2.51. The van der Waals surface area contributed by atoms with Gasteiger partial charge in [0.1, 0.15) is 0 Å². The van der Waals surface area contributed by atoms with Crippen molar-refractivity contribution in [1.29, 1.82) is 0 Å². The van der Waals surface area contributed by atoms with E-state index in [-0.39, 0.29) is 5.41 Å². The molecule has 0 saturated carbocycles. The van der Waals surface area contributed by atoms with E-state index in [2.05, 4.69) is 20.8 Å². The van der Waals surface area contributed by atoms with Crippen molar-refractivity contribution in [1.82, 2.24) is 0 Å². The van der Waals surface area contributed by atoms with Crippen molar-refractivity contribution in [3.63, 3.8) is 0 Å². The molecule has 0 saturated heterocycles. The molecular weight excluding hydrogens is 304 g/mol. The molecule has 1 unspecified atom stereocenters. The van der Waals surface area contributed by atoms with E-state index in [4.69, 9.17) is 18.9 Å². The van der Waals surface area contributed by atoms with Crippen LogP contribution in [0.2, 0.25) is 0 Å². The van der Waals surface area contributed by atoms with Gasteiger partial charge in [0.25, 0.3) is 5.97 Å². The van der Waals surface area contributed by atoms with Crippen LogP contribution in [0.25, 0.3) is 0 Å². The van der Waals surface area contributed by atoms with E-state index >= 15 is 0 Å². The minimum atomic E-state index is -0.985. The maximum Gasteiger partial charge on any atom is 0.287 e. The van der Waals surface area contributed by atoms with Crippen LogP contribution in [-0.4, -0.2) is 40.5 Å². The zero-order valence-corrected chi connectivity index (χ0v) is 17.1. The minimum Gasteiger partial charge on any atom is -0.381 e. The third-order valence-corrected chi connectivity index (χ3v) is 4.99. The summed E-state index contributed by atoms with van der Waals surface area (Å²) in [5.74, 6) is -0.985. The molecule has 0 radical (unpaired) electrons. The summed E-state index contributed by atoms with van der Waals surface area (Å²) < 4.78 is 22.7. The Morgan fingerprint density at radius 2 is 1.17 bits per heavy atom. The lowest BCUT2D eigenvalue weighted by Gasteiger charge is -2.45. The van der Waals surface area contributed by atoms with Crippen LogP contribution >= 0.6 is 0 Å². The van der Waals surface area contributed by atoms with Gasteiger partial charge in [0, 0.05) is 40.0 Å². The van der Waals surface area contributed by atoms with Gasteiger partial charge < -0.3 is 18.9 Å². The summed E-state index contributed by atoms with van der Waals surface area (Å²) in [4.78, 5) is 0. The van der Waals surface area contributed by atoms with Crippen molar-refractivity contribution in [3.8, 4) is 0 Å². The fourth-order valence-electron chi connectivity index (χ4n) is 3.53. The van der Waals surface area contributed by atoms with Crippen molar-refractivity contribution < 1.29 is 18.9 Å². The largest absolute Gasteiger partial charge is 0.381 e. The van der Waals surface area contributed by atoms with Crippen molar-refractivity contribution in [2.45, 2.75) is 91.0 Å². The maximum absolute atomic E-state index is 5.69. The van der Waals surface area contributed by atoms with E-state index in [9.17, 15) is 0 Å².